The standard InChI is InChI=1S/C29H34FN9O/c1-37(2)22-9-11-38(12-10-22)23-7-8-26(31-18-23)35-27-17-24-25(19-32-27)34-29(33-21-5-3-20(30)4-6-21)36-28(24)39-13-15-40-16-14-39/h3-8,17-19,22H,9-16H2,1-2H3,(H,31,32,35)(H,33,34,36). The summed E-state index contributed by atoms with van der Waals surface area (Å²) in [6.07, 6.45) is 5.98. The van der Waals surface area contributed by atoms with Crippen LogP contribution in [0, 0.1) is 5.82 Å². The van der Waals surface area contributed by atoms with Gasteiger partial charge in [0.25, 0.3) is 0 Å². The molecule has 5 heterocycles. The molecular weight excluding hydrogens is 509 g/mol. The molecule has 6 rings (SSSR count). The van der Waals surface area contributed by atoms with Crippen LogP contribution in [0.15, 0.2) is 54.9 Å². The lowest BCUT2D eigenvalue weighted by Gasteiger charge is -2.36. The first-order valence-corrected chi connectivity index (χ1v) is 13.7. The predicted molar refractivity (Wildman–Crippen MR) is 156 cm³/mol. The van der Waals surface area contributed by atoms with Crippen molar-refractivity contribution < 1.29 is 9.13 Å². The summed E-state index contributed by atoms with van der Waals surface area (Å²) in [5, 5.41) is 7.41. The van der Waals surface area contributed by atoms with Gasteiger partial charge in [0.1, 0.15) is 23.3 Å². The van der Waals surface area contributed by atoms with Gasteiger partial charge in [-0.25, -0.2) is 19.3 Å². The number of morpholine rings is 1. The SMILES string of the molecule is CN(C)C1CCN(c2ccc(Nc3cc4c(N5CCOCC5)nc(Nc5ccc(F)cc5)nc4cn3)nc2)CC1. The van der Waals surface area contributed by atoms with Gasteiger partial charge in [-0.1, -0.05) is 0 Å². The molecule has 0 aliphatic carbocycles. The van der Waals surface area contributed by atoms with Crippen LogP contribution in [0.5, 0.6) is 0 Å². The summed E-state index contributed by atoms with van der Waals surface area (Å²) < 4.78 is 18.9. The van der Waals surface area contributed by atoms with Gasteiger partial charge in [0.05, 0.1) is 36.8 Å². The Morgan fingerprint density at radius 3 is 2.30 bits per heavy atom. The highest BCUT2D eigenvalue weighted by atomic mass is 19.1. The quantitative estimate of drug-likeness (QED) is 0.349. The van der Waals surface area contributed by atoms with Crippen molar-refractivity contribution in [1.82, 2.24) is 24.8 Å². The van der Waals surface area contributed by atoms with E-state index < -0.39 is 0 Å². The fraction of sp³-hybridized carbons (Fsp3) is 0.379. The van der Waals surface area contributed by atoms with Crippen LogP contribution in [0.3, 0.4) is 0 Å². The van der Waals surface area contributed by atoms with Crippen LogP contribution in [-0.2, 0) is 4.74 Å². The first-order chi connectivity index (χ1) is 19.5. The summed E-state index contributed by atoms with van der Waals surface area (Å²) in [5.74, 6) is 2.32. The number of rotatable bonds is 7. The number of aromatic nitrogens is 4. The summed E-state index contributed by atoms with van der Waals surface area (Å²) >= 11 is 0. The number of nitrogens with zero attached hydrogens (tertiary/aromatic N) is 7. The molecule has 2 fully saturated rings. The third-order valence-electron chi connectivity index (χ3n) is 7.54. The highest BCUT2D eigenvalue weighted by Gasteiger charge is 2.21. The molecule has 40 heavy (non-hydrogen) atoms. The van der Waals surface area contributed by atoms with Crippen molar-refractivity contribution in [3.63, 3.8) is 0 Å². The number of nitrogens with one attached hydrogen (secondary N) is 2. The van der Waals surface area contributed by atoms with Gasteiger partial charge < -0.3 is 30.1 Å². The molecule has 0 spiro atoms. The van der Waals surface area contributed by atoms with Gasteiger partial charge in [0.15, 0.2) is 0 Å². The number of pyridine rings is 2. The maximum Gasteiger partial charge on any atom is 0.229 e. The summed E-state index contributed by atoms with van der Waals surface area (Å²) in [6, 6.07) is 12.8. The monoisotopic (exact) mass is 543 g/mol. The number of halogens is 1. The van der Waals surface area contributed by atoms with Crippen molar-refractivity contribution in [2.24, 2.45) is 0 Å². The van der Waals surface area contributed by atoms with Gasteiger partial charge in [-0.05, 0) is 69.4 Å². The maximum atomic E-state index is 13.4. The van der Waals surface area contributed by atoms with E-state index in [1.807, 2.05) is 18.3 Å². The van der Waals surface area contributed by atoms with Crippen LogP contribution in [-0.4, -0.2) is 84.4 Å². The van der Waals surface area contributed by atoms with Crippen molar-refractivity contribution in [2.45, 2.75) is 18.9 Å². The van der Waals surface area contributed by atoms with Crippen molar-refractivity contribution in [1.29, 1.82) is 0 Å². The summed E-state index contributed by atoms with van der Waals surface area (Å²) in [5.41, 5.74) is 2.55. The average Bonchev–Trinajstić information content (AvgIpc) is 2.99. The van der Waals surface area contributed by atoms with Crippen LogP contribution < -0.4 is 20.4 Å². The molecular formula is C29H34FN9O. The first-order valence-electron chi connectivity index (χ1n) is 13.7. The second-order valence-electron chi connectivity index (χ2n) is 10.4. The topological polar surface area (TPSA) is 94.6 Å². The third kappa shape index (κ3) is 5.90. The number of benzene rings is 1. The van der Waals surface area contributed by atoms with Crippen molar-refractivity contribution in [2.75, 3.05) is 73.9 Å². The molecule has 0 unspecified atom stereocenters. The van der Waals surface area contributed by atoms with Gasteiger partial charge in [0, 0.05) is 43.3 Å². The van der Waals surface area contributed by atoms with Crippen molar-refractivity contribution >= 4 is 45.7 Å². The van der Waals surface area contributed by atoms with E-state index in [9.17, 15) is 4.39 Å². The molecule has 10 nitrogen and oxygen atoms in total. The van der Waals surface area contributed by atoms with E-state index in [4.69, 9.17) is 9.72 Å². The molecule has 208 valence electrons. The number of hydrogen-bond donors (Lipinski definition) is 2. The maximum absolute atomic E-state index is 13.4. The van der Waals surface area contributed by atoms with Crippen LogP contribution in [0.25, 0.3) is 10.9 Å². The third-order valence-corrected chi connectivity index (χ3v) is 7.54. The fourth-order valence-electron chi connectivity index (χ4n) is 5.24. The predicted octanol–water partition coefficient (Wildman–Crippen LogP) is 4.41. The lowest BCUT2D eigenvalue weighted by Crippen LogP contribution is -2.42. The van der Waals surface area contributed by atoms with E-state index >= 15 is 0 Å². The zero-order valence-electron chi connectivity index (χ0n) is 22.8. The summed E-state index contributed by atoms with van der Waals surface area (Å²) in [7, 11) is 4.31. The summed E-state index contributed by atoms with van der Waals surface area (Å²) in [6.45, 7) is 4.78. The van der Waals surface area contributed by atoms with Crippen LogP contribution >= 0.6 is 0 Å². The zero-order chi connectivity index (χ0) is 27.5. The Labute approximate surface area is 233 Å². The van der Waals surface area contributed by atoms with Crippen LogP contribution in [0.2, 0.25) is 0 Å². The largest absolute Gasteiger partial charge is 0.378 e. The molecule has 1 aromatic carbocycles. The van der Waals surface area contributed by atoms with E-state index in [0.29, 0.717) is 42.2 Å². The Kier molecular flexibility index (Phi) is 7.56. The Balaban J connectivity index is 1.23. The minimum atomic E-state index is -0.294. The van der Waals surface area contributed by atoms with E-state index in [1.54, 1.807) is 18.3 Å². The first kappa shape index (κ1) is 26.1. The van der Waals surface area contributed by atoms with Gasteiger partial charge >= 0.3 is 0 Å². The highest BCUT2D eigenvalue weighted by Crippen LogP contribution is 2.30. The molecule has 2 aliphatic rings. The Bertz CT molecular complexity index is 1430. The van der Waals surface area contributed by atoms with E-state index in [0.717, 1.165) is 61.7 Å². The number of fused-ring (bicyclic) bond motifs is 1. The molecule has 0 saturated carbocycles. The van der Waals surface area contributed by atoms with E-state index in [1.165, 1.54) is 12.1 Å². The van der Waals surface area contributed by atoms with Gasteiger partial charge in [-0.15, -0.1) is 0 Å². The Morgan fingerprint density at radius 2 is 1.60 bits per heavy atom. The second-order valence-corrected chi connectivity index (χ2v) is 10.4. The van der Waals surface area contributed by atoms with Gasteiger partial charge in [0.2, 0.25) is 5.95 Å². The Morgan fingerprint density at radius 1 is 0.850 bits per heavy atom. The minimum absolute atomic E-state index is 0.294. The molecule has 0 amide bonds. The molecule has 4 aromatic rings. The lowest BCUT2D eigenvalue weighted by atomic mass is 10.0. The number of anilines is 6. The van der Waals surface area contributed by atoms with Crippen LogP contribution in [0.1, 0.15) is 12.8 Å². The van der Waals surface area contributed by atoms with Gasteiger partial charge in [-0.3, -0.25) is 0 Å². The highest BCUT2D eigenvalue weighted by molar-refractivity contribution is 5.92. The van der Waals surface area contributed by atoms with Gasteiger partial charge in [-0.2, -0.15) is 4.98 Å². The normalized spacial score (nSPS) is 16.5. The Hall–Kier alpha value is -4.09. The average molecular weight is 544 g/mol. The molecule has 2 saturated heterocycles. The van der Waals surface area contributed by atoms with Crippen molar-refractivity contribution in [3.05, 3.63) is 60.7 Å². The van der Waals surface area contributed by atoms with Crippen molar-refractivity contribution in [3.8, 4) is 0 Å². The molecule has 11 heteroatoms. The number of piperidine rings is 1. The number of hydrogen-bond acceptors (Lipinski definition) is 10. The molecule has 2 N–H and O–H groups in total. The molecule has 0 atom stereocenters. The van der Waals surface area contributed by atoms with E-state index in [2.05, 4.69) is 60.4 Å². The van der Waals surface area contributed by atoms with E-state index in [-0.39, 0.29) is 5.82 Å². The molecule has 0 radical (unpaired) electrons. The smallest absolute Gasteiger partial charge is 0.229 e. The molecule has 3 aromatic heterocycles. The molecule has 2 aliphatic heterocycles. The second kappa shape index (κ2) is 11.6. The minimum Gasteiger partial charge on any atom is -0.378 e. The summed E-state index contributed by atoms with van der Waals surface area (Å²) in [4.78, 5) is 25.7. The molecule has 0 bridgehead atoms. The van der Waals surface area contributed by atoms with Crippen LogP contribution in [0.4, 0.5) is 39.2 Å². The number of ether oxygens (including phenoxy) is 1. The zero-order valence-corrected chi connectivity index (χ0v) is 22.8. The fourth-order valence-corrected chi connectivity index (χ4v) is 5.24. The lowest BCUT2D eigenvalue weighted by molar-refractivity contribution is 0.122.